The van der Waals surface area contributed by atoms with Gasteiger partial charge >= 0.3 is 6.09 Å². The molecule has 1 aromatic carbocycles. The number of nitrogens with zero attached hydrogens (tertiary/aromatic N) is 1. The lowest BCUT2D eigenvalue weighted by atomic mass is 9.96. The van der Waals surface area contributed by atoms with E-state index in [2.05, 4.69) is 21.3 Å². The van der Waals surface area contributed by atoms with Gasteiger partial charge in [-0.2, -0.15) is 0 Å². The Labute approximate surface area is 298 Å². The first kappa shape index (κ1) is 42.7. The second kappa shape index (κ2) is 21.0. The maximum absolute atomic E-state index is 14.2. The van der Waals surface area contributed by atoms with Crippen molar-refractivity contribution in [3.05, 3.63) is 35.9 Å². The van der Waals surface area contributed by atoms with Crippen molar-refractivity contribution in [2.75, 3.05) is 32.6 Å². The molecule has 1 saturated heterocycles. The fourth-order valence-electron chi connectivity index (χ4n) is 6.09. The summed E-state index contributed by atoms with van der Waals surface area (Å²) in [5.74, 6) is -2.18. The molecule has 0 bridgehead atoms. The van der Waals surface area contributed by atoms with Crippen molar-refractivity contribution < 1.29 is 37.8 Å². The lowest BCUT2D eigenvalue weighted by Crippen LogP contribution is -2.53. The summed E-state index contributed by atoms with van der Waals surface area (Å²) in [6.45, 7) is 13.9. The first-order valence-corrected chi connectivity index (χ1v) is 19.9. The van der Waals surface area contributed by atoms with Gasteiger partial charge in [0, 0.05) is 25.7 Å². The van der Waals surface area contributed by atoms with Crippen molar-refractivity contribution in [1.29, 1.82) is 0 Å². The minimum atomic E-state index is -3.60. The number of carbonyl (C=O) groups excluding carboxylic acids is 5. The number of amides is 5. The first-order valence-electron chi connectivity index (χ1n) is 17.9. The third-order valence-electron chi connectivity index (χ3n) is 8.41. The Bertz CT molecular complexity index is 1310. The highest BCUT2D eigenvalue weighted by Crippen LogP contribution is 2.48. The van der Waals surface area contributed by atoms with Gasteiger partial charge in [0.15, 0.2) is 0 Å². The Morgan fingerprint density at radius 2 is 1.46 bits per heavy atom. The molecule has 1 heterocycles. The number of benzene rings is 1. The van der Waals surface area contributed by atoms with Crippen LogP contribution in [-0.2, 0) is 39.6 Å². The zero-order valence-corrected chi connectivity index (χ0v) is 32.1. The van der Waals surface area contributed by atoms with Crippen LogP contribution >= 0.6 is 7.37 Å². The summed E-state index contributed by atoms with van der Waals surface area (Å²) >= 11 is 0. The molecule has 0 aromatic heterocycles. The van der Waals surface area contributed by atoms with Gasteiger partial charge < -0.3 is 30.5 Å². The molecule has 0 radical (unpaired) electrons. The van der Waals surface area contributed by atoms with Crippen LogP contribution in [0.1, 0.15) is 86.1 Å². The van der Waals surface area contributed by atoms with E-state index < -0.39 is 55.2 Å². The average molecular weight is 722 g/mol. The Morgan fingerprint density at radius 3 is 2.02 bits per heavy atom. The molecule has 1 aliphatic rings. The van der Waals surface area contributed by atoms with Crippen molar-refractivity contribution in [1.82, 2.24) is 26.2 Å². The Morgan fingerprint density at radius 1 is 0.860 bits per heavy atom. The van der Waals surface area contributed by atoms with E-state index in [1.54, 1.807) is 6.92 Å². The topological polar surface area (TPSA) is 172 Å². The van der Waals surface area contributed by atoms with E-state index in [1.165, 1.54) is 11.9 Å². The molecule has 13 nitrogen and oxygen atoms in total. The molecule has 1 aliphatic heterocycles. The molecule has 0 saturated carbocycles. The van der Waals surface area contributed by atoms with E-state index in [4.69, 9.17) is 9.26 Å². The van der Waals surface area contributed by atoms with E-state index in [0.29, 0.717) is 38.6 Å². The number of hydrogen-bond donors (Lipinski definition) is 4. The molecule has 50 heavy (non-hydrogen) atoms. The SMILES string of the molecule is CCOP(=O)(CNC(=O)[C@H](CC(C)C)NC(=O)[C@@H]1CCCN1C(=O)OCc1ccccc1)CC(CC(C)C)C(=O)N[C@@H](CC(C)C)C(=O)NC. The van der Waals surface area contributed by atoms with E-state index in [9.17, 15) is 28.5 Å². The molecule has 2 unspecified atom stereocenters. The Balaban J connectivity index is 2.14. The van der Waals surface area contributed by atoms with Gasteiger partial charge in [-0.15, -0.1) is 0 Å². The highest BCUT2D eigenvalue weighted by molar-refractivity contribution is 7.59. The predicted octanol–water partition coefficient (Wildman–Crippen LogP) is 4.65. The van der Waals surface area contributed by atoms with Crippen molar-refractivity contribution >= 4 is 37.1 Å². The molecule has 1 fully saturated rings. The molecule has 4 N–H and O–H groups in total. The summed E-state index contributed by atoms with van der Waals surface area (Å²) in [5.41, 5.74) is 0.828. The summed E-state index contributed by atoms with van der Waals surface area (Å²) in [5, 5.41) is 11.0. The smallest absolute Gasteiger partial charge is 0.410 e. The summed E-state index contributed by atoms with van der Waals surface area (Å²) in [6.07, 6.45) is 1.13. The molecule has 1 aromatic rings. The van der Waals surface area contributed by atoms with Crippen molar-refractivity contribution in [3.8, 4) is 0 Å². The van der Waals surface area contributed by atoms with Crippen molar-refractivity contribution in [2.45, 2.75) is 105 Å². The molecule has 0 aliphatic carbocycles. The van der Waals surface area contributed by atoms with Gasteiger partial charge in [0.1, 0.15) is 24.7 Å². The maximum Gasteiger partial charge on any atom is 0.410 e. The second-order valence-electron chi connectivity index (χ2n) is 14.3. The molecule has 282 valence electrons. The highest BCUT2D eigenvalue weighted by atomic mass is 31.2. The minimum Gasteiger partial charge on any atom is -0.445 e. The monoisotopic (exact) mass is 721 g/mol. The van der Waals surface area contributed by atoms with Crippen LogP contribution in [0.5, 0.6) is 0 Å². The number of hydrogen-bond acceptors (Lipinski definition) is 8. The van der Waals surface area contributed by atoms with Gasteiger partial charge in [-0.1, -0.05) is 71.9 Å². The molecular weight excluding hydrogens is 661 g/mol. The Hall–Kier alpha value is -3.44. The number of nitrogens with one attached hydrogen (secondary N) is 4. The van der Waals surface area contributed by atoms with Crippen LogP contribution < -0.4 is 21.3 Å². The quantitative estimate of drug-likeness (QED) is 0.141. The van der Waals surface area contributed by atoms with Gasteiger partial charge in [0.05, 0.1) is 12.9 Å². The zero-order chi connectivity index (χ0) is 37.4. The second-order valence-corrected chi connectivity index (χ2v) is 16.9. The van der Waals surface area contributed by atoms with Crippen LogP contribution in [0.3, 0.4) is 0 Å². The lowest BCUT2D eigenvalue weighted by Gasteiger charge is -2.28. The Kier molecular flexibility index (Phi) is 18.0. The third kappa shape index (κ3) is 14.4. The van der Waals surface area contributed by atoms with E-state index >= 15 is 0 Å². The summed E-state index contributed by atoms with van der Waals surface area (Å²) in [4.78, 5) is 67.4. The number of likely N-dealkylation sites (tertiary alicyclic amines) is 1. The summed E-state index contributed by atoms with van der Waals surface area (Å²) < 4.78 is 25.4. The average Bonchev–Trinajstić information content (AvgIpc) is 3.55. The van der Waals surface area contributed by atoms with Crippen molar-refractivity contribution in [3.63, 3.8) is 0 Å². The van der Waals surface area contributed by atoms with Gasteiger partial charge in [-0.3, -0.25) is 28.6 Å². The van der Waals surface area contributed by atoms with Gasteiger partial charge in [-0.25, -0.2) is 4.79 Å². The molecule has 14 heteroatoms. The number of carbonyl (C=O) groups is 5. The summed E-state index contributed by atoms with van der Waals surface area (Å²) in [7, 11) is -2.09. The predicted molar refractivity (Wildman–Crippen MR) is 193 cm³/mol. The van der Waals surface area contributed by atoms with E-state index in [-0.39, 0.29) is 49.3 Å². The number of rotatable bonds is 20. The normalized spacial score (nSPS) is 17.5. The molecular formula is C36H60N5O8P. The van der Waals surface area contributed by atoms with Crippen LogP contribution in [0.15, 0.2) is 30.3 Å². The summed E-state index contributed by atoms with van der Waals surface area (Å²) in [6, 6.07) is 6.76. The zero-order valence-electron chi connectivity index (χ0n) is 31.2. The van der Waals surface area contributed by atoms with Crippen LogP contribution in [0, 0.1) is 23.7 Å². The third-order valence-corrected chi connectivity index (χ3v) is 10.8. The molecule has 5 amide bonds. The van der Waals surface area contributed by atoms with Crippen molar-refractivity contribution in [2.24, 2.45) is 23.7 Å². The van der Waals surface area contributed by atoms with Crippen LogP contribution in [-0.4, -0.2) is 85.4 Å². The molecule has 5 atom stereocenters. The lowest BCUT2D eigenvalue weighted by molar-refractivity contribution is -0.131. The molecule has 0 spiro atoms. The first-order chi connectivity index (χ1) is 23.6. The van der Waals surface area contributed by atoms with Gasteiger partial charge in [-0.05, 0) is 62.3 Å². The fourth-order valence-corrected chi connectivity index (χ4v) is 8.27. The molecule has 2 rings (SSSR count). The van der Waals surface area contributed by atoms with Crippen LogP contribution in [0.2, 0.25) is 0 Å². The van der Waals surface area contributed by atoms with Gasteiger partial charge in [0.2, 0.25) is 31.0 Å². The van der Waals surface area contributed by atoms with E-state index in [0.717, 1.165) is 5.56 Å². The van der Waals surface area contributed by atoms with Crippen LogP contribution in [0.4, 0.5) is 4.79 Å². The standard InChI is InChI=1S/C36H60N5O8P/c1-9-49-50(47,22-28(18-24(2)3)32(42)39-29(19-25(4)5)33(43)37-8)23-38-34(44)30(20-26(6)7)40-35(45)31-16-13-17-41(31)36(46)48-21-27-14-11-10-12-15-27/h10-12,14-15,24-26,28-31H,9,13,16-23H2,1-8H3,(H,37,43)(H,38,44)(H,39,42)(H,40,45)/t28?,29-,30-,31-,50?/m0/s1. The van der Waals surface area contributed by atoms with Gasteiger partial charge in [0.25, 0.3) is 0 Å². The highest BCUT2D eigenvalue weighted by Gasteiger charge is 2.38. The fraction of sp³-hybridized carbons (Fsp3) is 0.694. The maximum atomic E-state index is 14.2. The number of likely N-dealkylation sites (N-methyl/N-ethyl adjacent to an activating group) is 1. The number of ether oxygens (including phenoxy) is 1. The largest absolute Gasteiger partial charge is 0.445 e. The minimum absolute atomic E-state index is 0.0264. The van der Waals surface area contributed by atoms with Crippen LogP contribution in [0.25, 0.3) is 0 Å². The van der Waals surface area contributed by atoms with E-state index in [1.807, 2.05) is 71.9 Å².